The van der Waals surface area contributed by atoms with E-state index in [4.69, 9.17) is 0 Å². The number of carbonyl (C=O) groups excluding carboxylic acids is 1. The molecular formula is C14H20N2O. The highest BCUT2D eigenvalue weighted by atomic mass is 16.2. The van der Waals surface area contributed by atoms with Crippen LogP contribution in [0.25, 0.3) is 0 Å². The number of nitrogens with zero attached hydrogens (tertiary/aromatic N) is 1. The van der Waals surface area contributed by atoms with Crippen molar-refractivity contribution in [3.05, 3.63) is 29.8 Å². The largest absolute Gasteiger partial charge is 0.311 e. The van der Waals surface area contributed by atoms with Crippen LogP contribution in [0.2, 0.25) is 0 Å². The third kappa shape index (κ3) is 2.86. The maximum absolute atomic E-state index is 12.0. The number of para-hydroxylation sites is 1. The smallest absolute Gasteiger partial charge is 0.240 e. The lowest BCUT2D eigenvalue weighted by Gasteiger charge is -2.17. The van der Waals surface area contributed by atoms with Crippen LogP contribution in [0.3, 0.4) is 0 Å². The van der Waals surface area contributed by atoms with E-state index in [1.54, 1.807) is 0 Å². The molecule has 0 fully saturated rings. The number of amides is 1. The van der Waals surface area contributed by atoms with E-state index in [1.165, 1.54) is 5.56 Å². The molecule has 3 nitrogen and oxygen atoms in total. The average Bonchev–Trinajstić information content (AvgIpc) is 2.78. The number of benzene rings is 1. The quantitative estimate of drug-likeness (QED) is 0.787. The molecule has 17 heavy (non-hydrogen) atoms. The van der Waals surface area contributed by atoms with E-state index in [9.17, 15) is 4.79 Å². The molecule has 3 heteroatoms. The van der Waals surface area contributed by atoms with Crippen molar-refractivity contribution in [2.24, 2.45) is 0 Å². The predicted octanol–water partition coefficient (Wildman–Crippen LogP) is 1.97. The van der Waals surface area contributed by atoms with Crippen LogP contribution < -0.4 is 10.2 Å². The molecule has 1 aromatic rings. The molecule has 1 aromatic carbocycles. The molecule has 0 atom stereocenters. The Balaban J connectivity index is 1.89. The van der Waals surface area contributed by atoms with Gasteiger partial charge in [0.25, 0.3) is 0 Å². The van der Waals surface area contributed by atoms with Crippen molar-refractivity contribution in [3.63, 3.8) is 0 Å². The molecule has 0 aliphatic carbocycles. The molecule has 0 radical (unpaired) electrons. The number of fused-ring (bicyclic) bond motifs is 1. The Morgan fingerprint density at radius 2 is 2.24 bits per heavy atom. The molecule has 0 bridgehead atoms. The summed E-state index contributed by atoms with van der Waals surface area (Å²) in [6.07, 6.45) is 3.27. The van der Waals surface area contributed by atoms with E-state index >= 15 is 0 Å². The lowest BCUT2D eigenvalue weighted by Crippen LogP contribution is -2.37. The Bertz CT molecular complexity index is 390. The zero-order valence-electron chi connectivity index (χ0n) is 10.4. The lowest BCUT2D eigenvalue weighted by atomic mass is 10.2. The van der Waals surface area contributed by atoms with Crippen molar-refractivity contribution in [3.8, 4) is 0 Å². The minimum absolute atomic E-state index is 0.186. The summed E-state index contributed by atoms with van der Waals surface area (Å²) in [5.74, 6) is 0.186. The Morgan fingerprint density at radius 1 is 1.41 bits per heavy atom. The van der Waals surface area contributed by atoms with Crippen LogP contribution in [0.5, 0.6) is 0 Å². The first kappa shape index (κ1) is 12.1. The van der Waals surface area contributed by atoms with Crippen molar-refractivity contribution in [2.45, 2.75) is 26.2 Å². The van der Waals surface area contributed by atoms with Crippen molar-refractivity contribution in [2.75, 3.05) is 24.5 Å². The maximum atomic E-state index is 12.0. The van der Waals surface area contributed by atoms with Crippen LogP contribution in [0, 0.1) is 0 Å². The van der Waals surface area contributed by atoms with E-state index in [1.807, 2.05) is 23.1 Å². The van der Waals surface area contributed by atoms with Crippen LogP contribution in [-0.4, -0.2) is 25.5 Å². The topological polar surface area (TPSA) is 32.3 Å². The van der Waals surface area contributed by atoms with Gasteiger partial charge in [0.2, 0.25) is 5.91 Å². The zero-order valence-corrected chi connectivity index (χ0v) is 10.4. The van der Waals surface area contributed by atoms with Crippen LogP contribution in [0.4, 0.5) is 5.69 Å². The highest BCUT2D eigenvalue weighted by Gasteiger charge is 2.23. The highest BCUT2D eigenvalue weighted by Crippen LogP contribution is 2.27. The second-order valence-electron chi connectivity index (χ2n) is 4.45. The van der Waals surface area contributed by atoms with Gasteiger partial charge in [0.15, 0.2) is 0 Å². The van der Waals surface area contributed by atoms with E-state index in [2.05, 4.69) is 18.3 Å². The summed E-state index contributed by atoms with van der Waals surface area (Å²) in [6, 6.07) is 8.17. The fraction of sp³-hybridized carbons (Fsp3) is 0.500. The van der Waals surface area contributed by atoms with Gasteiger partial charge in [-0.05, 0) is 31.0 Å². The predicted molar refractivity (Wildman–Crippen MR) is 70.3 cm³/mol. The molecule has 92 valence electrons. The molecule has 1 N–H and O–H groups in total. The summed E-state index contributed by atoms with van der Waals surface area (Å²) < 4.78 is 0. The number of nitrogens with one attached hydrogen (secondary N) is 1. The lowest BCUT2D eigenvalue weighted by molar-refractivity contribution is -0.117. The number of rotatable bonds is 5. The van der Waals surface area contributed by atoms with Gasteiger partial charge in [-0.1, -0.05) is 31.5 Å². The van der Waals surface area contributed by atoms with Crippen molar-refractivity contribution >= 4 is 11.6 Å². The fourth-order valence-corrected chi connectivity index (χ4v) is 2.19. The molecule has 1 amide bonds. The number of hydrogen-bond acceptors (Lipinski definition) is 2. The minimum atomic E-state index is 0.186. The van der Waals surface area contributed by atoms with Crippen LogP contribution in [0.15, 0.2) is 24.3 Å². The van der Waals surface area contributed by atoms with E-state index in [0.29, 0.717) is 6.54 Å². The maximum Gasteiger partial charge on any atom is 0.240 e. The average molecular weight is 232 g/mol. The summed E-state index contributed by atoms with van der Waals surface area (Å²) in [5, 5.41) is 3.20. The summed E-state index contributed by atoms with van der Waals surface area (Å²) in [7, 11) is 0. The van der Waals surface area contributed by atoms with Gasteiger partial charge in [0, 0.05) is 12.2 Å². The molecule has 0 saturated heterocycles. The first-order valence-electron chi connectivity index (χ1n) is 6.42. The van der Waals surface area contributed by atoms with Crippen molar-refractivity contribution < 1.29 is 4.79 Å². The Hall–Kier alpha value is -1.35. The standard InChI is InChI=1S/C14H20N2O/c1-2-3-9-15-11-14(17)16-10-8-12-6-4-5-7-13(12)16/h4-7,15H,2-3,8-11H2,1H3. The van der Waals surface area contributed by atoms with Crippen molar-refractivity contribution in [1.29, 1.82) is 0 Å². The Kier molecular flexibility index (Phi) is 4.15. The molecular weight excluding hydrogens is 212 g/mol. The van der Waals surface area contributed by atoms with Crippen LogP contribution in [0.1, 0.15) is 25.3 Å². The summed E-state index contributed by atoms with van der Waals surface area (Å²) >= 11 is 0. The highest BCUT2D eigenvalue weighted by molar-refractivity contribution is 5.96. The molecule has 0 aromatic heterocycles. The monoisotopic (exact) mass is 232 g/mol. The fourth-order valence-electron chi connectivity index (χ4n) is 2.19. The van der Waals surface area contributed by atoms with Gasteiger partial charge in [0.05, 0.1) is 6.54 Å². The molecule has 1 heterocycles. The summed E-state index contributed by atoms with van der Waals surface area (Å²) in [5.41, 5.74) is 2.38. The SMILES string of the molecule is CCCCNCC(=O)N1CCc2ccccc21. The summed E-state index contributed by atoms with van der Waals surface area (Å²) in [6.45, 7) is 4.36. The molecule has 2 rings (SSSR count). The summed E-state index contributed by atoms with van der Waals surface area (Å²) in [4.78, 5) is 13.9. The first-order valence-corrected chi connectivity index (χ1v) is 6.42. The number of hydrogen-bond donors (Lipinski definition) is 1. The Morgan fingerprint density at radius 3 is 3.06 bits per heavy atom. The normalized spacial score (nSPS) is 13.8. The van der Waals surface area contributed by atoms with Crippen molar-refractivity contribution in [1.82, 2.24) is 5.32 Å². The number of unbranched alkanes of at least 4 members (excludes halogenated alkanes) is 1. The van der Waals surface area contributed by atoms with Crippen LogP contribution in [-0.2, 0) is 11.2 Å². The molecule has 0 saturated carbocycles. The van der Waals surface area contributed by atoms with Gasteiger partial charge in [0.1, 0.15) is 0 Å². The van der Waals surface area contributed by atoms with Gasteiger partial charge in [-0.15, -0.1) is 0 Å². The second-order valence-corrected chi connectivity index (χ2v) is 4.45. The molecule has 1 aliphatic heterocycles. The van der Waals surface area contributed by atoms with E-state index in [-0.39, 0.29) is 5.91 Å². The first-order chi connectivity index (χ1) is 8.33. The third-order valence-electron chi connectivity index (χ3n) is 3.17. The minimum Gasteiger partial charge on any atom is -0.311 e. The zero-order chi connectivity index (χ0) is 12.1. The third-order valence-corrected chi connectivity index (χ3v) is 3.17. The molecule has 0 unspecified atom stereocenters. The van der Waals surface area contributed by atoms with Gasteiger partial charge in [-0.3, -0.25) is 4.79 Å². The van der Waals surface area contributed by atoms with Gasteiger partial charge >= 0.3 is 0 Å². The molecule has 1 aliphatic rings. The Labute approximate surface area is 103 Å². The van der Waals surface area contributed by atoms with Gasteiger partial charge < -0.3 is 10.2 Å². The number of anilines is 1. The van der Waals surface area contributed by atoms with Crippen LogP contribution >= 0.6 is 0 Å². The van der Waals surface area contributed by atoms with E-state index in [0.717, 1.165) is 38.0 Å². The molecule has 0 spiro atoms. The van der Waals surface area contributed by atoms with Gasteiger partial charge in [-0.2, -0.15) is 0 Å². The van der Waals surface area contributed by atoms with E-state index < -0.39 is 0 Å². The number of carbonyl (C=O) groups is 1. The van der Waals surface area contributed by atoms with Gasteiger partial charge in [-0.25, -0.2) is 0 Å². The second kappa shape index (κ2) is 5.82.